The van der Waals surface area contributed by atoms with Gasteiger partial charge in [0.2, 0.25) is 5.03 Å². The van der Waals surface area contributed by atoms with Crippen molar-refractivity contribution in [1.29, 1.82) is 0 Å². The highest BCUT2D eigenvalue weighted by molar-refractivity contribution is 9.10. The van der Waals surface area contributed by atoms with E-state index in [0.29, 0.717) is 11.9 Å². The number of halogens is 2. The molecule has 0 spiro atoms. The maximum atomic E-state index is 12.4. The summed E-state index contributed by atoms with van der Waals surface area (Å²) in [6.45, 7) is 4.06. The zero-order valence-corrected chi connectivity index (χ0v) is 13.7. The molecule has 0 bridgehead atoms. The second kappa shape index (κ2) is 5.77. The lowest BCUT2D eigenvalue weighted by Gasteiger charge is -2.24. The smallest absolute Gasteiger partial charge is 0.235 e. The van der Waals surface area contributed by atoms with Crippen LogP contribution in [0.1, 0.15) is 13.8 Å². The molecule has 0 fully saturated rings. The maximum absolute atomic E-state index is 12.4. The molecule has 0 aliphatic rings. The van der Waals surface area contributed by atoms with Crippen LogP contribution in [0, 0.1) is 0 Å². The van der Waals surface area contributed by atoms with Crippen molar-refractivity contribution < 1.29 is 8.42 Å². The van der Waals surface area contributed by atoms with Gasteiger partial charge in [0.05, 0.1) is 0 Å². The number of rotatable bonds is 5. The molecule has 0 saturated heterocycles. The SMILES string of the molecule is CC(C)N(CCBr)S(=O)(=O)c1c(Br)nnn1C. The number of aromatic nitrogens is 3. The van der Waals surface area contributed by atoms with Gasteiger partial charge in [-0.25, -0.2) is 13.1 Å². The van der Waals surface area contributed by atoms with Crippen LogP contribution in [0.2, 0.25) is 0 Å². The Morgan fingerprint density at radius 3 is 2.41 bits per heavy atom. The van der Waals surface area contributed by atoms with Crippen LogP contribution in [0.3, 0.4) is 0 Å². The number of nitrogens with zero attached hydrogens (tertiary/aromatic N) is 4. The summed E-state index contributed by atoms with van der Waals surface area (Å²) in [6.07, 6.45) is 0. The van der Waals surface area contributed by atoms with E-state index in [4.69, 9.17) is 0 Å². The molecule has 0 aliphatic carbocycles. The van der Waals surface area contributed by atoms with Crippen LogP contribution in [0.15, 0.2) is 9.63 Å². The number of hydrogen-bond acceptors (Lipinski definition) is 4. The molecule has 1 rings (SSSR count). The number of sulfonamides is 1. The van der Waals surface area contributed by atoms with Gasteiger partial charge in [0.1, 0.15) is 0 Å². The molecular formula is C8H14Br2N4O2S. The Bertz CT molecular complexity index is 466. The minimum atomic E-state index is -3.59. The van der Waals surface area contributed by atoms with Crippen molar-refractivity contribution in [3.8, 4) is 0 Å². The van der Waals surface area contributed by atoms with Crippen molar-refractivity contribution in [2.45, 2.75) is 24.9 Å². The Hall–Kier alpha value is 0.0100. The van der Waals surface area contributed by atoms with Crippen molar-refractivity contribution in [3.63, 3.8) is 0 Å². The van der Waals surface area contributed by atoms with Gasteiger partial charge >= 0.3 is 0 Å². The van der Waals surface area contributed by atoms with Crippen LogP contribution in [-0.4, -0.2) is 45.6 Å². The minimum absolute atomic E-state index is 0.0761. The first-order chi connectivity index (χ1) is 7.82. The molecule has 0 radical (unpaired) electrons. The summed E-state index contributed by atoms with van der Waals surface area (Å²) in [5, 5.41) is 8.04. The fourth-order valence-corrected chi connectivity index (χ4v) is 4.74. The largest absolute Gasteiger partial charge is 0.263 e. The van der Waals surface area contributed by atoms with Crippen LogP contribution in [0.25, 0.3) is 0 Å². The summed E-state index contributed by atoms with van der Waals surface area (Å²) in [5.41, 5.74) is 0. The van der Waals surface area contributed by atoms with Gasteiger partial charge in [0.15, 0.2) is 4.60 Å². The van der Waals surface area contributed by atoms with E-state index in [1.165, 1.54) is 8.99 Å². The molecule has 0 aromatic carbocycles. The Balaban J connectivity index is 3.26. The molecule has 0 N–H and O–H groups in total. The van der Waals surface area contributed by atoms with Crippen LogP contribution >= 0.6 is 31.9 Å². The van der Waals surface area contributed by atoms with Crippen molar-refractivity contribution in [2.75, 3.05) is 11.9 Å². The highest BCUT2D eigenvalue weighted by Crippen LogP contribution is 2.23. The summed E-state index contributed by atoms with van der Waals surface area (Å²) in [4.78, 5) is 0. The molecule has 98 valence electrons. The van der Waals surface area contributed by atoms with Crippen molar-refractivity contribution in [2.24, 2.45) is 7.05 Å². The molecule has 0 atom stereocenters. The van der Waals surface area contributed by atoms with Gasteiger partial charge in [-0.1, -0.05) is 21.1 Å². The van der Waals surface area contributed by atoms with Gasteiger partial charge in [-0.3, -0.25) is 0 Å². The molecule has 17 heavy (non-hydrogen) atoms. The molecule has 1 heterocycles. The van der Waals surface area contributed by atoms with E-state index in [0.717, 1.165) is 0 Å². The molecule has 0 saturated carbocycles. The Labute approximate surface area is 118 Å². The first-order valence-corrected chi connectivity index (χ1v) is 8.30. The average Bonchev–Trinajstić information content (AvgIpc) is 2.54. The third-order valence-electron chi connectivity index (χ3n) is 2.17. The van der Waals surface area contributed by atoms with E-state index in [-0.39, 0.29) is 15.7 Å². The topological polar surface area (TPSA) is 68.1 Å². The van der Waals surface area contributed by atoms with E-state index in [1.54, 1.807) is 7.05 Å². The third-order valence-corrected chi connectivity index (χ3v) is 5.49. The van der Waals surface area contributed by atoms with Gasteiger partial charge in [0.25, 0.3) is 10.0 Å². The summed E-state index contributed by atoms with van der Waals surface area (Å²) < 4.78 is 27.8. The van der Waals surface area contributed by atoms with E-state index >= 15 is 0 Å². The van der Waals surface area contributed by atoms with Crippen LogP contribution in [0.4, 0.5) is 0 Å². The highest BCUT2D eigenvalue weighted by Gasteiger charge is 2.32. The standard InChI is InChI=1S/C8H14Br2N4O2S/c1-6(2)14(5-4-9)17(15,16)8-7(10)11-12-13(8)3/h6H,4-5H2,1-3H3. The highest BCUT2D eigenvalue weighted by atomic mass is 79.9. The zero-order valence-electron chi connectivity index (χ0n) is 9.76. The normalized spacial score (nSPS) is 12.6. The molecule has 1 aromatic heterocycles. The average molecular weight is 390 g/mol. The summed E-state index contributed by atoms with van der Waals surface area (Å²) in [7, 11) is -2.03. The van der Waals surface area contributed by atoms with Crippen molar-refractivity contribution in [3.05, 3.63) is 4.60 Å². The maximum Gasteiger partial charge on any atom is 0.263 e. The van der Waals surface area contributed by atoms with Crippen LogP contribution in [-0.2, 0) is 17.1 Å². The summed E-state index contributed by atoms with van der Waals surface area (Å²) in [5.74, 6) is 0. The molecule has 0 amide bonds. The number of alkyl halides is 1. The number of aryl methyl sites for hydroxylation is 1. The van der Waals surface area contributed by atoms with Crippen molar-refractivity contribution in [1.82, 2.24) is 19.3 Å². The second-order valence-electron chi connectivity index (χ2n) is 3.71. The molecule has 6 nitrogen and oxygen atoms in total. The number of hydrogen-bond donors (Lipinski definition) is 0. The van der Waals surface area contributed by atoms with E-state index in [1.807, 2.05) is 13.8 Å². The first kappa shape index (κ1) is 15.1. The Kier molecular flexibility index (Phi) is 5.11. The Morgan fingerprint density at radius 2 is 2.06 bits per heavy atom. The van der Waals surface area contributed by atoms with Crippen LogP contribution in [0.5, 0.6) is 0 Å². The zero-order chi connectivity index (χ0) is 13.2. The lowest BCUT2D eigenvalue weighted by molar-refractivity contribution is 0.367. The van der Waals surface area contributed by atoms with Gasteiger partial charge in [-0.2, -0.15) is 4.31 Å². The van der Waals surface area contributed by atoms with Gasteiger partial charge in [0, 0.05) is 25.0 Å². The monoisotopic (exact) mass is 388 g/mol. The van der Waals surface area contributed by atoms with E-state index < -0.39 is 10.0 Å². The summed E-state index contributed by atoms with van der Waals surface area (Å²) >= 11 is 6.36. The minimum Gasteiger partial charge on any atom is -0.235 e. The summed E-state index contributed by atoms with van der Waals surface area (Å²) in [6, 6.07) is -0.126. The predicted molar refractivity (Wildman–Crippen MR) is 71.5 cm³/mol. The van der Waals surface area contributed by atoms with Gasteiger partial charge < -0.3 is 0 Å². The second-order valence-corrected chi connectivity index (χ2v) is 7.06. The van der Waals surface area contributed by atoms with Crippen molar-refractivity contribution >= 4 is 41.9 Å². The van der Waals surface area contributed by atoms with E-state index in [9.17, 15) is 8.42 Å². The molecule has 0 unspecified atom stereocenters. The lowest BCUT2D eigenvalue weighted by Crippen LogP contribution is -2.39. The molecule has 9 heteroatoms. The predicted octanol–water partition coefficient (Wildman–Crippen LogP) is 1.37. The van der Waals surface area contributed by atoms with Gasteiger partial charge in [-0.05, 0) is 29.8 Å². The third kappa shape index (κ3) is 3.07. The van der Waals surface area contributed by atoms with Crippen LogP contribution < -0.4 is 0 Å². The fourth-order valence-electron chi connectivity index (χ4n) is 1.45. The quantitative estimate of drug-likeness (QED) is 0.713. The van der Waals surface area contributed by atoms with E-state index in [2.05, 4.69) is 42.2 Å². The lowest BCUT2D eigenvalue weighted by atomic mass is 10.4. The first-order valence-electron chi connectivity index (χ1n) is 4.95. The Morgan fingerprint density at radius 1 is 1.47 bits per heavy atom. The molecule has 0 aliphatic heterocycles. The molecule has 1 aromatic rings. The van der Waals surface area contributed by atoms with Gasteiger partial charge in [-0.15, -0.1) is 5.10 Å². The molecular weight excluding hydrogens is 376 g/mol. The fraction of sp³-hybridized carbons (Fsp3) is 0.750.